The largest absolute Gasteiger partial charge is 0.325 e. The lowest BCUT2D eigenvalue weighted by Gasteiger charge is -2.15. The van der Waals surface area contributed by atoms with E-state index in [-0.39, 0.29) is 11.8 Å². The van der Waals surface area contributed by atoms with Gasteiger partial charge < -0.3 is 5.32 Å². The van der Waals surface area contributed by atoms with Gasteiger partial charge in [0.25, 0.3) is 0 Å². The monoisotopic (exact) mass is 223 g/mol. The van der Waals surface area contributed by atoms with Gasteiger partial charge in [-0.2, -0.15) is 0 Å². The van der Waals surface area contributed by atoms with Gasteiger partial charge in [0.2, 0.25) is 5.91 Å². The molecule has 0 aromatic heterocycles. The van der Waals surface area contributed by atoms with Crippen LogP contribution in [0.5, 0.6) is 0 Å². The topological polar surface area (TPSA) is 29.1 Å². The maximum atomic E-state index is 11.8. The average Bonchev–Trinajstić information content (AvgIpc) is 2.52. The van der Waals surface area contributed by atoms with Crippen molar-refractivity contribution in [2.45, 2.75) is 26.2 Å². The van der Waals surface area contributed by atoms with Crippen molar-refractivity contribution in [3.8, 4) is 0 Å². The minimum Gasteiger partial charge on any atom is -0.325 e. The Labute approximate surface area is 94.6 Å². The Hall–Kier alpha value is -1.02. The van der Waals surface area contributed by atoms with Crippen molar-refractivity contribution in [3.63, 3.8) is 0 Å². The second kappa shape index (κ2) is 3.86. The summed E-state index contributed by atoms with van der Waals surface area (Å²) < 4.78 is 0. The number of amides is 1. The fourth-order valence-electron chi connectivity index (χ4n) is 2.06. The van der Waals surface area contributed by atoms with E-state index in [0.717, 1.165) is 17.7 Å². The number of anilines is 1. The van der Waals surface area contributed by atoms with E-state index in [9.17, 15) is 4.79 Å². The number of hydrogen-bond acceptors (Lipinski definition) is 1. The Balaban J connectivity index is 2.43. The Morgan fingerprint density at radius 2 is 2.27 bits per heavy atom. The summed E-state index contributed by atoms with van der Waals surface area (Å²) in [5.74, 6) is 0.412. The molecule has 0 saturated heterocycles. The molecule has 1 aromatic rings. The van der Waals surface area contributed by atoms with Crippen molar-refractivity contribution in [1.82, 2.24) is 0 Å². The highest BCUT2D eigenvalue weighted by Crippen LogP contribution is 2.39. The molecule has 2 unspecified atom stereocenters. The molecule has 80 valence electrons. The molecule has 1 aliphatic rings. The normalized spacial score (nSPS) is 21.0. The molecular formula is C12H14ClNO. The number of fused-ring (bicyclic) bond motifs is 1. The van der Waals surface area contributed by atoms with Crippen LogP contribution in [-0.2, 0) is 4.79 Å². The fourth-order valence-corrected chi connectivity index (χ4v) is 2.24. The maximum Gasteiger partial charge on any atom is 0.232 e. The van der Waals surface area contributed by atoms with Crippen molar-refractivity contribution in [2.24, 2.45) is 5.92 Å². The van der Waals surface area contributed by atoms with Gasteiger partial charge >= 0.3 is 0 Å². The van der Waals surface area contributed by atoms with Crippen LogP contribution in [0.1, 0.15) is 31.7 Å². The van der Waals surface area contributed by atoms with E-state index in [0.29, 0.717) is 10.9 Å². The molecular weight excluding hydrogens is 210 g/mol. The summed E-state index contributed by atoms with van der Waals surface area (Å²) in [5, 5.41) is 3.59. The molecule has 1 amide bonds. The molecule has 1 N–H and O–H groups in total. The number of benzene rings is 1. The first-order valence-corrected chi connectivity index (χ1v) is 5.61. The van der Waals surface area contributed by atoms with Gasteiger partial charge in [-0.1, -0.05) is 31.9 Å². The summed E-state index contributed by atoms with van der Waals surface area (Å²) in [6.45, 7) is 4.20. The molecule has 1 aromatic carbocycles. The lowest BCUT2D eigenvalue weighted by molar-refractivity contribution is -0.118. The van der Waals surface area contributed by atoms with E-state index in [4.69, 9.17) is 11.6 Å². The molecule has 0 spiro atoms. The maximum absolute atomic E-state index is 11.8. The van der Waals surface area contributed by atoms with Crippen LogP contribution in [0.15, 0.2) is 18.2 Å². The van der Waals surface area contributed by atoms with E-state index in [1.54, 1.807) is 6.07 Å². The molecule has 1 heterocycles. The number of halogens is 1. The zero-order valence-corrected chi connectivity index (χ0v) is 9.64. The van der Waals surface area contributed by atoms with Gasteiger partial charge in [0.15, 0.2) is 0 Å². The average molecular weight is 224 g/mol. The van der Waals surface area contributed by atoms with E-state index in [2.05, 4.69) is 19.2 Å². The molecule has 1 aliphatic heterocycles. The van der Waals surface area contributed by atoms with Crippen molar-refractivity contribution in [1.29, 1.82) is 0 Å². The summed E-state index contributed by atoms with van der Waals surface area (Å²) in [6.07, 6.45) is 0.990. The summed E-state index contributed by atoms with van der Waals surface area (Å²) in [4.78, 5) is 11.8. The molecule has 2 nitrogen and oxygen atoms in total. The van der Waals surface area contributed by atoms with Gasteiger partial charge in [-0.25, -0.2) is 0 Å². The van der Waals surface area contributed by atoms with Crippen molar-refractivity contribution >= 4 is 23.2 Å². The van der Waals surface area contributed by atoms with E-state index < -0.39 is 0 Å². The predicted octanol–water partition coefficient (Wildman–Crippen LogP) is 3.42. The number of carbonyl (C=O) groups excluding carboxylic acids is 1. The van der Waals surface area contributed by atoms with E-state index in [1.807, 2.05) is 12.1 Å². The Kier molecular flexibility index (Phi) is 2.70. The lowest BCUT2D eigenvalue weighted by atomic mass is 9.87. The summed E-state index contributed by atoms with van der Waals surface area (Å²) >= 11 is 5.95. The van der Waals surface area contributed by atoms with Gasteiger partial charge in [-0.05, 0) is 29.7 Å². The van der Waals surface area contributed by atoms with Crippen LogP contribution in [0, 0.1) is 5.92 Å². The zero-order chi connectivity index (χ0) is 11.0. The van der Waals surface area contributed by atoms with Crippen molar-refractivity contribution in [3.05, 3.63) is 28.8 Å². The van der Waals surface area contributed by atoms with E-state index >= 15 is 0 Å². The molecule has 0 saturated carbocycles. The third kappa shape index (κ3) is 1.74. The standard InChI is InChI=1S/C12H14ClNO/c1-3-7(2)11-9-6-8(13)4-5-10(9)14-12(11)15/h4-7,11H,3H2,1-2H3,(H,14,15). The third-order valence-electron chi connectivity index (χ3n) is 3.10. The molecule has 2 atom stereocenters. The van der Waals surface area contributed by atoms with Crippen LogP contribution in [0.4, 0.5) is 5.69 Å². The van der Waals surface area contributed by atoms with Crippen LogP contribution in [0.3, 0.4) is 0 Å². The van der Waals surface area contributed by atoms with E-state index in [1.165, 1.54) is 0 Å². The first-order chi connectivity index (χ1) is 7.13. The number of carbonyl (C=O) groups is 1. The minimum absolute atomic E-state index is 0.0382. The van der Waals surface area contributed by atoms with Gasteiger partial charge in [-0.3, -0.25) is 4.79 Å². The number of nitrogens with one attached hydrogen (secondary N) is 1. The fraction of sp³-hybridized carbons (Fsp3) is 0.417. The third-order valence-corrected chi connectivity index (χ3v) is 3.34. The molecule has 0 radical (unpaired) electrons. The summed E-state index contributed by atoms with van der Waals surface area (Å²) in [6, 6.07) is 5.57. The lowest BCUT2D eigenvalue weighted by Crippen LogP contribution is -2.18. The second-order valence-electron chi connectivity index (χ2n) is 4.08. The smallest absolute Gasteiger partial charge is 0.232 e. The predicted molar refractivity (Wildman–Crippen MR) is 62.3 cm³/mol. The molecule has 0 fully saturated rings. The first-order valence-electron chi connectivity index (χ1n) is 5.23. The highest BCUT2D eigenvalue weighted by Gasteiger charge is 2.33. The molecule has 0 bridgehead atoms. The van der Waals surface area contributed by atoms with Gasteiger partial charge in [0.05, 0.1) is 5.92 Å². The first kappa shape index (κ1) is 10.5. The Bertz CT molecular complexity index is 403. The number of hydrogen-bond donors (Lipinski definition) is 1. The minimum atomic E-state index is -0.0382. The van der Waals surface area contributed by atoms with Crippen LogP contribution >= 0.6 is 11.6 Å². The molecule has 3 heteroatoms. The van der Waals surface area contributed by atoms with Crippen LogP contribution in [-0.4, -0.2) is 5.91 Å². The van der Waals surface area contributed by atoms with Crippen LogP contribution < -0.4 is 5.32 Å². The summed E-state index contributed by atoms with van der Waals surface area (Å²) in [5.41, 5.74) is 1.96. The molecule has 0 aliphatic carbocycles. The van der Waals surface area contributed by atoms with Gasteiger partial charge in [0, 0.05) is 10.7 Å². The van der Waals surface area contributed by atoms with Crippen molar-refractivity contribution in [2.75, 3.05) is 5.32 Å². The van der Waals surface area contributed by atoms with Gasteiger partial charge in [-0.15, -0.1) is 0 Å². The van der Waals surface area contributed by atoms with Crippen molar-refractivity contribution < 1.29 is 4.79 Å². The molecule has 2 rings (SSSR count). The highest BCUT2D eigenvalue weighted by molar-refractivity contribution is 6.31. The quantitative estimate of drug-likeness (QED) is 0.818. The Morgan fingerprint density at radius 1 is 1.53 bits per heavy atom. The van der Waals surface area contributed by atoms with Crippen LogP contribution in [0.2, 0.25) is 5.02 Å². The van der Waals surface area contributed by atoms with Gasteiger partial charge in [0.1, 0.15) is 0 Å². The molecule has 15 heavy (non-hydrogen) atoms. The highest BCUT2D eigenvalue weighted by atomic mass is 35.5. The second-order valence-corrected chi connectivity index (χ2v) is 4.52. The van der Waals surface area contributed by atoms with Crippen LogP contribution in [0.25, 0.3) is 0 Å². The summed E-state index contributed by atoms with van der Waals surface area (Å²) in [7, 11) is 0. The number of rotatable bonds is 2. The Morgan fingerprint density at radius 3 is 2.93 bits per heavy atom. The zero-order valence-electron chi connectivity index (χ0n) is 8.88. The SMILES string of the molecule is CCC(C)C1C(=O)Nc2ccc(Cl)cc21.